The molecule has 0 aromatic carbocycles. The molecule has 0 radical (unpaired) electrons. The van der Waals surface area contributed by atoms with Crippen LogP contribution < -0.4 is 4.90 Å². The molecule has 3 heterocycles. The van der Waals surface area contributed by atoms with Crippen molar-refractivity contribution < 1.29 is 17.9 Å². The van der Waals surface area contributed by atoms with Gasteiger partial charge in [0.1, 0.15) is 0 Å². The molecule has 0 atom stereocenters. The highest BCUT2D eigenvalue weighted by Crippen LogP contribution is 2.41. The SMILES string of the molecule is Cc1cc(N2CCN(CCN3CCOCC3)CC2)nn1C1CCC(C(F)(F)F)CC1. The molecule has 30 heavy (non-hydrogen) atoms. The summed E-state index contributed by atoms with van der Waals surface area (Å²) in [4.78, 5) is 7.29. The number of hydrogen-bond acceptors (Lipinski definition) is 5. The minimum Gasteiger partial charge on any atom is -0.379 e. The van der Waals surface area contributed by atoms with Gasteiger partial charge in [-0.25, -0.2) is 0 Å². The fourth-order valence-corrected chi connectivity index (χ4v) is 4.95. The van der Waals surface area contributed by atoms with Gasteiger partial charge in [-0.2, -0.15) is 18.3 Å². The van der Waals surface area contributed by atoms with E-state index in [0.29, 0.717) is 12.8 Å². The number of aryl methyl sites for hydroxylation is 1. The molecule has 9 heteroatoms. The van der Waals surface area contributed by atoms with Crippen molar-refractivity contribution in [2.75, 3.05) is 70.5 Å². The summed E-state index contributed by atoms with van der Waals surface area (Å²) >= 11 is 0. The third-order valence-corrected chi connectivity index (χ3v) is 6.95. The van der Waals surface area contributed by atoms with Crippen LogP contribution >= 0.6 is 0 Å². The summed E-state index contributed by atoms with van der Waals surface area (Å²) in [7, 11) is 0. The van der Waals surface area contributed by atoms with Crippen molar-refractivity contribution in [3.8, 4) is 0 Å². The number of alkyl halides is 3. The summed E-state index contributed by atoms with van der Waals surface area (Å²) in [6.07, 6.45) is -2.52. The molecule has 0 N–H and O–H groups in total. The van der Waals surface area contributed by atoms with E-state index in [-0.39, 0.29) is 18.9 Å². The lowest BCUT2D eigenvalue weighted by Crippen LogP contribution is -2.49. The van der Waals surface area contributed by atoms with Crippen LogP contribution in [0.15, 0.2) is 6.07 Å². The molecule has 2 aliphatic heterocycles. The molecule has 1 aromatic heterocycles. The van der Waals surface area contributed by atoms with Crippen LogP contribution in [0.2, 0.25) is 0 Å². The maximum absolute atomic E-state index is 12.9. The zero-order chi connectivity index (χ0) is 21.1. The lowest BCUT2D eigenvalue weighted by atomic mass is 9.85. The fraction of sp³-hybridized carbons (Fsp3) is 0.857. The highest BCUT2D eigenvalue weighted by molar-refractivity contribution is 5.40. The smallest absolute Gasteiger partial charge is 0.379 e. The monoisotopic (exact) mass is 429 g/mol. The first kappa shape index (κ1) is 21.9. The van der Waals surface area contributed by atoms with E-state index < -0.39 is 12.1 Å². The Morgan fingerprint density at radius 1 is 0.933 bits per heavy atom. The normalized spacial score (nSPS) is 27.5. The first-order chi connectivity index (χ1) is 14.4. The van der Waals surface area contributed by atoms with Gasteiger partial charge in [0.25, 0.3) is 0 Å². The molecular formula is C21H34F3N5O. The summed E-state index contributed by atoms with van der Waals surface area (Å²) in [5, 5.41) is 4.81. The molecule has 6 nitrogen and oxygen atoms in total. The topological polar surface area (TPSA) is 36.8 Å². The number of rotatable bonds is 5. The highest BCUT2D eigenvalue weighted by atomic mass is 19.4. The van der Waals surface area contributed by atoms with Crippen molar-refractivity contribution >= 4 is 5.82 Å². The Kier molecular flexibility index (Phi) is 6.89. The minimum absolute atomic E-state index is 0.0900. The Morgan fingerprint density at radius 3 is 2.13 bits per heavy atom. The molecule has 3 aliphatic rings. The van der Waals surface area contributed by atoms with Gasteiger partial charge in [-0.3, -0.25) is 14.5 Å². The Labute approximate surface area is 176 Å². The molecule has 0 amide bonds. The van der Waals surface area contributed by atoms with E-state index in [2.05, 4.69) is 20.8 Å². The van der Waals surface area contributed by atoms with Gasteiger partial charge in [0.05, 0.1) is 25.2 Å². The quantitative estimate of drug-likeness (QED) is 0.720. The molecule has 1 aromatic rings. The summed E-state index contributed by atoms with van der Waals surface area (Å²) < 4.78 is 46.2. The molecule has 1 saturated carbocycles. The molecule has 1 aliphatic carbocycles. The number of anilines is 1. The maximum Gasteiger partial charge on any atom is 0.391 e. The summed E-state index contributed by atoms with van der Waals surface area (Å²) in [5.74, 6) is -0.173. The van der Waals surface area contributed by atoms with Crippen LogP contribution in [0.1, 0.15) is 37.4 Å². The average molecular weight is 430 g/mol. The van der Waals surface area contributed by atoms with Crippen molar-refractivity contribution in [3.05, 3.63) is 11.8 Å². The average Bonchev–Trinajstić information content (AvgIpc) is 3.14. The van der Waals surface area contributed by atoms with E-state index in [1.165, 1.54) is 0 Å². The van der Waals surface area contributed by atoms with Crippen molar-refractivity contribution in [2.45, 2.75) is 44.8 Å². The van der Waals surface area contributed by atoms with Crippen LogP contribution in [0.5, 0.6) is 0 Å². The Balaban J connectivity index is 1.26. The van der Waals surface area contributed by atoms with Crippen molar-refractivity contribution in [2.24, 2.45) is 5.92 Å². The van der Waals surface area contributed by atoms with Crippen LogP contribution in [-0.2, 0) is 4.74 Å². The lowest BCUT2D eigenvalue weighted by molar-refractivity contribution is -0.183. The van der Waals surface area contributed by atoms with Crippen LogP contribution in [-0.4, -0.2) is 91.3 Å². The van der Waals surface area contributed by atoms with Crippen molar-refractivity contribution in [3.63, 3.8) is 0 Å². The number of piperazine rings is 1. The van der Waals surface area contributed by atoms with Gasteiger partial charge in [-0.1, -0.05) is 0 Å². The van der Waals surface area contributed by atoms with E-state index >= 15 is 0 Å². The third kappa shape index (κ3) is 5.29. The summed E-state index contributed by atoms with van der Waals surface area (Å²) in [5.41, 5.74) is 1.05. The summed E-state index contributed by atoms with van der Waals surface area (Å²) in [6, 6.07) is 2.19. The van der Waals surface area contributed by atoms with Gasteiger partial charge in [0, 0.05) is 64.1 Å². The fourth-order valence-electron chi connectivity index (χ4n) is 4.95. The van der Waals surface area contributed by atoms with Crippen molar-refractivity contribution in [1.29, 1.82) is 0 Å². The number of ether oxygens (including phenoxy) is 1. The van der Waals surface area contributed by atoms with E-state index in [1.807, 2.05) is 11.6 Å². The van der Waals surface area contributed by atoms with Gasteiger partial charge in [0.2, 0.25) is 0 Å². The first-order valence-electron chi connectivity index (χ1n) is 11.3. The molecule has 0 bridgehead atoms. The second kappa shape index (κ2) is 9.44. The van der Waals surface area contributed by atoms with Crippen LogP contribution in [0.25, 0.3) is 0 Å². The van der Waals surface area contributed by atoms with Gasteiger partial charge in [-0.15, -0.1) is 0 Å². The number of halogens is 3. The molecule has 0 spiro atoms. The number of hydrogen-bond donors (Lipinski definition) is 0. The molecule has 2 saturated heterocycles. The predicted molar refractivity (Wildman–Crippen MR) is 110 cm³/mol. The molecule has 0 unspecified atom stereocenters. The van der Waals surface area contributed by atoms with Crippen LogP contribution in [0.4, 0.5) is 19.0 Å². The zero-order valence-corrected chi connectivity index (χ0v) is 17.9. The number of morpholine rings is 1. The second-order valence-corrected chi connectivity index (χ2v) is 8.92. The van der Waals surface area contributed by atoms with Gasteiger partial charge < -0.3 is 9.64 Å². The number of nitrogens with zero attached hydrogens (tertiary/aromatic N) is 5. The minimum atomic E-state index is -4.06. The van der Waals surface area contributed by atoms with Crippen LogP contribution in [0, 0.1) is 12.8 Å². The zero-order valence-electron chi connectivity index (χ0n) is 17.9. The summed E-state index contributed by atoms with van der Waals surface area (Å²) in [6.45, 7) is 11.9. The predicted octanol–water partition coefficient (Wildman–Crippen LogP) is 2.94. The van der Waals surface area contributed by atoms with Gasteiger partial charge in [0.15, 0.2) is 5.82 Å². The lowest BCUT2D eigenvalue weighted by Gasteiger charge is -2.36. The van der Waals surface area contributed by atoms with Crippen LogP contribution in [0.3, 0.4) is 0 Å². The van der Waals surface area contributed by atoms with Crippen molar-refractivity contribution in [1.82, 2.24) is 19.6 Å². The van der Waals surface area contributed by atoms with E-state index in [0.717, 1.165) is 77.1 Å². The second-order valence-electron chi connectivity index (χ2n) is 8.92. The third-order valence-electron chi connectivity index (χ3n) is 6.95. The Morgan fingerprint density at radius 2 is 1.53 bits per heavy atom. The first-order valence-corrected chi connectivity index (χ1v) is 11.3. The molecule has 170 valence electrons. The highest BCUT2D eigenvalue weighted by Gasteiger charge is 2.42. The Bertz CT molecular complexity index is 673. The molecule has 4 rings (SSSR count). The van der Waals surface area contributed by atoms with Gasteiger partial charge in [-0.05, 0) is 32.6 Å². The van der Waals surface area contributed by atoms with E-state index in [9.17, 15) is 13.2 Å². The Hall–Kier alpha value is -1.32. The maximum atomic E-state index is 12.9. The largest absolute Gasteiger partial charge is 0.391 e. The standard InChI is InChI=1S/C21H34F3N5O/c1-17-16-20(25-29(17)19-4-2-18(3-5-19)21(22,23)24)28-10-8-26(9-11-28)6-7-27-12-14-30-15-13-27/h16,18-19H,2-15H2,1H3. The number of aromatic nitrogens is 2. The molecular weight excluding hydrogens is 395 g/mol. The van der Waals surface area contributed by atoms with E-state index in [1.54, 1.807) is 0 Å². The van der Waals surface area contributed by atoms with Gasteiger partial charge >= 0.3 is 6.18 Å². The van der Waals surface area contributed by atoms with E-state index in [4.69, 9.17) is 9.84 Å². The molecule has 3 fully saturated rings.